The minimum atomic E-state index is -0.149. The number of fused-ring (bicyclic) bond motifs is 3. The van der Waals surface area contributed by atoms with Crippen LogP contribution < -0.4 is 5.32 Å². The SMILES string of the molecule is CCC(Sc1ncc2c(n1)-c1c(csc1SC)CC2)C(=O)NC. The molecule has 0 saturated carbocycles. The Morgan fingerprint density at radius 1 is 1.43 bits per heavy atom. The number of carbonyl (C=O) groups excluding carboxylic acids is 1. The van der Waals surface area contributed by atoms with Crippen molar-refractivity contribution in [1.82, 2.24) is 15.3 Å². The van der Waals surface area contributed by atoms with Gasteiger partial charge in [0.25, 0.3) is 0 Å². The van der Waals surface area contributed by atoms with E-state index in [2.05, 4.69) is 21.9 Å². The molecule has 1 N–H and O–H groups in total. The molecule has 0 saturated heterocycles. The van der Waals surface area contributed by atoms with E-state index in [1.807, 2.05) is 13.1 Å². The summed E-state index contributed by atoms with van der Waals surface area (Å²) in [7, 11) is 1.67. The van der Waals surface area contributed by atoms with Gasteiger partial charge in [-0.15, -0.1) is 23.1 Å². The van der Waals surface area contributed by atoms with Crippen LogP contribution in [0.15, 0.2) is 20.9 Å². The quantitative estimate of drug-likeness (QED) is 0.647. The monoisotopic (exact) mass is 365 g/mol. The van der Waals surface area contributed by atoms with E-state index in [4.69, 9.17) is 4.98 Å². The maximum atomic E-state index is 11.9. The van der Waals surface area contributed by atoms with Crippen LogP contribution in [0.5, 0.6) is 0 Å². The molecular weight excluding hydrogens is 346 g/mol. The molecule has 1 aliphatic rings. The van der Waals surface area contributed by atoms with Crippen LogP contribution in [0, 0.1) is 0 Å². The van der Waals surface area contributed by atoms with Gasteiger partial charge in [0.1, 0.15) is 0 Å². The van der Waals surface area contributed by atoms with Crippen LogP contribution in [0.1, 0.15) is 24.5 Å². The van der Waals surface area contributed by atoms with Crippen LogP contribution in [0.4, 0.5) is 0 Å². The molecule has 0 bridgehead atoms. The molecule has 1 unspecified atom stereocenters. The molecule has 1 aliphatic carbocycles. The Hall–Kier alpha value is -1.05. The molecule has 7 heteroatoms. The lowest BCUT2D eigenvalue weighted by Crippen LogP contribution is -2.29. The van der Waals surface area contributed by atoms with Crippen molar-refractivity contribution in [3.63, 3.8) is 0 Å². The van der Waals surface area contributed by atoms with Crippen molar-refractivity contribution in [2.45, 2.75) is 40.8 Å². The Labute approximate surface area is 148 Å². The molecule has 3 rings (SSSR count). The van der Waals surface area contributed by atoms with Crippen molar-refractivity contribution >= 4 is 40.8 Å². The number of aryl methyl sites for hydroxylation is 2. The van der Waals surface area contributed by atoms with E-state index >= 15 is 0 Å². The standard InChI is InChI=1S/C16H19N3OS3/c1-4-11(14(20)17-2)23-16-18-7-9-5-6-10-8-22-15(21-3)12(10)13(9)19-16/h7-8,11H,4-6H2,1-3H3,(H,17,20). The normalized spacial score (nSPS) is 14.0. The van der Waals surface area contributed by atoms with Crippen molar-refractivity contribution in [1.29, 1.82) is 0 Å². The summed E-state index contributed by atoms with van der Waals surface area (Å²) in [5.41, 5.74) is 4.94. The number of nitrogens with one attached hydrogen (secondary N) is 1. The molecule has 1 amide bonds. The highest BCUT2D eigenvalue weighted by atomic mass is 32.2. The molecule has 0 aliphatic heterocycles. The fraction of sp³-hybridized carbons (Fsp3) is 0.438. The first-order valence-corrected chi connectivity index (χ1v) is 10.5. The van der Waals surface area contributed by atoms with Crippen molar-refractivity contribution in [2.24, 2.45) is 0 Å². The Morgan fingerprint density at radius 2 is 2.22 bits per heavy atom. The van der Waals surface area contributed by atoms with Crippen LogP contribution in [0.2, 0.25) is 0 Å². The van der Waals surface area contributed by atoms with Gasteiger partial charge < -0.3 is 5.32 Å². The molecule has 0 aromatic carbocycles. The minimum Gasteiger partial charge on any atom is -0.358 e. The maximum absolute atomic E-state index is 11.9. The smallest absolute Gasteiger partial charge is 0.233 e. The Balaban J connectivity index is 1.96. The Bertz CT molecular complexity index is 716. The predicted octanol–water partition coefficient (Wildman–Crippen LogP) is 3.64. The topological polar surface area (TPSA) is 54.9 Å². The lowest BCUT2D eigenvalue weighted by atomic mass is 9.93. The van der Waals surface area contributed by atoms with Gasteiger partial charge in [0, 0.05) is 18.8 Å². The van der Waals surface area contributed by atoms with Crippen LogP contribution in [-0.2, 0) is 17.6 Å². The largest absolute Gasteiger partial charge is 0.358 e. The van der Waals surface area contributed by atoms with E-state index in [-0.39, 0.29) is 11.2 Å². The summed E-state index contributed by atoms with van der Waals surface area (Å²) < 4.78 is 1.31. The molecular formula is C16H19N3OS3. The molecule has 2 heterocycles. The molecule has 2 aromatic rings. The lowest BCUT2D eigenvalue weighted by molar-refractivity contribution is -0.120. The number of aromatic nitrogens is 2. The van der Waals surface area contributed by atoms with Gasteiger partial charge in [0.2, 0.25) is 5.91 Å². The summed E-state index contributed by atoms with van der Waals surface area (Å²) in [6.45, 7) is 2.01. The third kappa shape index (κ3) is 3.27. The van der Waals surface area contributed by atoms with Gasteiger partial charge in [-0.05, 0) is 42.0 Å². The van der Waals surface area contributed by atoms with Gasteiger partial charge in [-0.3, -0.25) is 4.79 Å². The van der Waals surface area contributed by atoms with Crippen molar-refractivity contribution in [3.8, 4) is 11.3 Å². The first-order chi connectivity index (χ1) is 11.2. The van der Waals surface area contributed by atoms with E-state index in [0.717, 1.165) is 25.0 Å². The van der Waals surface area contributed by atoms with Crippen LogP contribution in [0.3, 0.4) is 0 Å². The molecule has 122 valence electrons. The number of hydrogen-bond acceptors (Lipinski definition) is 6. The lowest BCUT2D eigenvalue weighted by Gasteiger charge is -2.18. The van der Waals surface area contributed by atoms with E-state index in [1.54, 1.807) is 30.1 Å². The second kappa shape index (κ2) is 7.23. The zero-order valence-corrected chi connectivity index (χ0v) is 15.8. The van der Waals surface area contributed by atoms with Gasteiger partial charge in [0.15, 0.2) is 5.16 Å². The van der Waals surface area contributed by atoms with Gasteiger partial charge in [-0.25, -0.2) is 9.97 Å². The summed E-state index contributed by atoms with van der Waals surface area (Å²) >= 11 is 5.01. The summed E-state index contributed by atoms with van der Waals surface area (Å²) in [6.07, 6.45) is 6.85. The summed E-state index contributed by atoms with van der Waals surface area (Å²) in [5, 5.41) is 5.50. The Kier molecular flexibility index (Phi) is 5.28. The second-order valence-corrected chi connectivity index (χ2v) is 8.41. The highest BCUT2D eigenvalue weighted by molar-refractivity contribution is 8.00. The van der Waals surface area contributed by atoms with Gasteiger partial charge in [0.05, 0.1) is 15.2 Å². The summed E-state index contributed by atoms with van der Waals surface area (Å²) in [5.74, 6) is 0.0276. The number of amides is 1. The maximum Gasteiger partial charge on any atom is 0.233 e. The number of thioether (sulfide) groups is 2. The zero-order valence-electron chi connectivity index (χ0n) is 13.4. The average Bonchev–Trinajstić information content (AvgIpc) is 3.02. The van der Waals surface area contributed by atoms with E-state index in [9.17, 15) is 4.79 Å². The molecule has 23 heavy (non-hydrogen) atoms. The zero-order chi connectivity index (χ0) is 16.4. The van der Waals surface area contributed by atoms with Gasteiger partial charge in [-0.1, -0.05) is 18.7 Å². The molecule has 0 fully saturated rings. The number of nitrogens with zero attached hydrogens (tertiary/aromatic N) is 2. The number of rotatable bonds is 5. The molecule has 2 aromatic heterocycles. The fourth-order valence-corrected chi connectivity index (χ4v) is 5.38. The highest BCUT2D eigenvalue weighted by Crippen LogP contribution is 2.43. The molecule has 1 atom stereocenters. The van der Waals surface area contributed by atoms with Gasteiger partial charge >= 0.3 is 0 Å². The molecule has 0 radical (unpaired) electrons. The molecule has 4 nitrogen and oxygen atoms in total. The van der Waals surface area contributed by atoms with Crippen molar-refractivity contribution in [2.75, 3.05) is 13.3 Å². The fourth-order valence-electron chi connectivity index (χ4n) is 2.68. The highest BCUT2D eigenvalue weighted by Gasteiger charge is 2.24. The Morgan fingerprint density at radius 3 is 2.91 bits per heavy atom. The van der Waals surface area contributed by atoms with Crippen LogP contribution in [0.25, 0.3) is 11.3 Å². The number of carbonyl (C=O) groups is 1. The first kappa shape index (κ1) is 16.8. The number of hydrogen-bond donors (Lipinski definition) is 1. The van der Waals surface area contributed by atoms with E-state index in [0.29, 0.717) is 5.16 Å². The molecule has 0 spiro atoms. The first-order valence-electron chi connectivity index (χ1n) is 7.56. The van der Waals surface area contributed by atoms with E-state index in [1.165, 1.54) is 32.7 Å². The van der Waals surface area contributed by atoms with E-state index < -0.39 is 0 Å². The van der Waals surface area contributed by atoms with Crippen molar-refractivity contribution in [3.05, 3.63) is 22.7 Å². The van der Waals surface area contributed by atoms with Crippen molar-refractivity contribution < 1.29 is 4.79 Å². The van der Waals surface area contributed by atoms with Gasteiger partial charge in [-0.2, -0.15) is 0 Å². The number of thiophene rings is 1. The van der Waals surface area contributed by atoms with Crippen LogP contribution >= 0.6 is 34.9 Å². The second-order valence-electron chi connectivity index (χ2n) is 5.28. The third-order valence-corrected chi connectivity index (χ3v) is 7.34. The minimum absolute atomic E-state index is 0.0276. The van der Waals surface area contributed by atoms with Crippen LogP contribution in [-0.4, -0.2) is 34.4 Å². The predicted molar refractivity (Wildman–Crippen MR) is 98.5 cm³/mol. The summed E-state index contributed by atoms with van der Waals surface area (Å²) in [4.78, 5) is 21.2. The average molecular weight is 366 g/mol. The third-order valence-electron chi connectivity index (χ3n) is 3.92. The summed E-state index contributed by atoms with van der Waals surface area (Å²) in [6, 6.07) is 0.